The van der Waals surface area contributed by atoms with Crippen molar-refractivity contribution in [1.29, 1.82) is 10.5 Å². The molecule has 0 bridgehead atoms. The number of allylic oxidation sites excluding steroid dienone is 3. The summed E-state index contributed by atoms with van der Waals surface area (Å²) < 4.78 is 17.8. The lowest BCUT2D eigenvalue weighted by Gasteiger charge is -2.31. The van der Waals surface area contributed by atoms with Crippen LogP contribution >= 0.6 is 15.9 Å². The van der Waals surface area contributed by atoms with E-state index in [1.807, 2.05) is 12.1 Å². The van der Waals surface area contributed by atoms with E-state index in [1.165, 1.54) is 7.11 Å². The van der Waals surface area contributed by atoms with Crippen LogP contribution in [0.5, 0.6) is 11.5 Å². The monoisotopic (exact) mass is 505 g/mol. The van der Waals surface area contributed by atoms with Crippen LogP contribution in [-0.2, 0) is 16.1 Å². The molecule has 2 aromatic carbocycles. The maximum Gasteiger partial charge on any atom is 0.205 e. The lowest BCUT2D eigenvalue weighted by molar-refractivity contribution is -0.116. The van der Waals surface area contributed by atoms with Crippen LogP contribution in [0.15, 0.2) is 63.7 Å². The number of Topliss-reactive ketones (excluding diaryl/α,β-unsaturated/α-hetero) is 1. The molecule has 0 radical (unpaired) electrons. The van der Waals surface area contributed by atoms with Gasteiger partial charge in [-0.25, -0.2) is 0 Å². The Balaban J connectivity index is 1.75. The topological polar surface area (TPSA) is 118 Å². The van der Waals surface area contributed by atoms with Gasteiger partial charge in [0.25, 0.3) is 0 Å². The maximum atomic E-state index is 12.8. The first kappa shape index (κ1) is 22.4. The summed E-state index contributed by atoms with van der Waals surface area (Å²) in [5, 5.41) is 19.1. The number of ether oxygens (including phenoxy) is 3. The summed E-state index contributed by atoms with van der Waals surface area (Å²) in [5.41, 5.74) is 8.63. The molecule has 1 aliphatic heterocycles. The fraction of sp³-hybridized carbons (Fsp3) is 0.240. The Morgan fingerprint density at radius 3 is 2.70 bits per heavy atom. The van der Waals surface area contributed by atoms with E-state index in [0.29, 0.717) is 57.7 Å². The van der Waals surface area contributed by atoms with Crippen molar-refractivity contribution in [2.75, 3.05) is 7.11 Å². The number of carbonyl (C=O) groups is 1. The summed E-state index contributed by atoms with van der Waals surface area (Å²) in [6, 6.07) is 14.9. The molecule has 1 aliphatic carbocycles. The molecule has 8 heteroatoms. The molecule has 0 saturated heterocycles. The summed E-state index contributed by atoms with van der Waals surface area (Å²) in [5.74, 6) is 0.689. The van der Waals surface area contributed by atoms with Gasteiger partial charge in [0.15, 0.2) is 17.3 Å². The third-order valence-electron chi connectivity index (χ3n) is 5.72. The van der Waals surface area contributed by atoms with Gasteiger partial charge in [0, 0.05) is 28.5 Å². The second-order valence-electron chi connectivity index (χ2n) is 7.62. The van der Waals surface area contributed by atoms with E-state index >= 15 is 0 Å². The largest absolute Gasteiger partial charge is 0.493 e. The van der Waals surface area contributed by atoms with E-state index < -0.39 is 5.92 Å². The van der Waals surface area contributed by atoms with Crippen LogP contribution < -0.4 is 15.2 Å². The van der Waals surface area contributed by atoms with Gasteiger partial charge in [-0.1, -0.05) is 34.1 Å². The van der Waals surface area contributed by atoms with Crippen LogP contribution in [-0.4, -0.2) is 12.9 Å². The molecule has 2 aliphatic rings. The summed E-state index contributed by atoms with van der Waals surface area (Å²) in [6.07, 6.45) is 1.66. The van der Waals surface area contributed by atoms with Crippen molar-refractivity contribution in [2.24, 2.45) is 5.73 Å². The highest BCUT2D eigenvalue weighted by molar-refractivity contribution is 9.10. The van der Waals surface area contributed by atoms with Gasteiger partial charge in [0.05, 0.1) is 24.7 Å². The van der Waals surface area contributed by atoms with Crippen LogP contribution in [0.2, 0.25) is 0 Å². The van der Waals surface area contributed by atoms with Gasteiger partial charge >= 0.3 is 0 Å². The van der Waals surface area contributed by atoms with Crippen LogP contribution in [0.4, 0.5) is 0 Å². The van der Waals surface area contributed by atoms with Gasteiger partial charge in [0.1, 0.15) is 24.0 Å². The SMILES string of the molecule is COc1cc([C@@H]2C(C#N)=C(N)OC3=C2C(=O)CCC3)c(Br)cc1OCc1ccccc1C#N. The average molecular weight is 506 g/mol. The average Bonchev–Trinajstić information content (AvgIpc) is 2.82. The van der Waals surface area contributed by atoms with Gasteiger partial charge in [-0.2, -0.15) is 10.5 Å². The second kappa shape index (κ2) is 9.40. The minimum Gasteiger partial charge on any atom is -0.493 e. The summed E-state index contributed by atoms with van der Waals surface area (Å²) in [4.78, 5) is 12.8. The van der Waals surface area contributed by atoms with Crippen molar-refractivity contribution in [2.45, 2.75) is 31.8 Å². The Morgan fingerprint density at radius 2 is 1.97 bits per heavy atom. The standard InChI is InChI=1S/C25H20BrN3O4/c1-31-21-9-16(18(26)10-22(21)32-13-15-6-3-2-5-14(15)11-27)23-17(12-28)25(29)33-20-8-4-7-19(30)24(20)23/h2-3,5-6,9-10,23H,4,7-8,13,29H2,1H3/t23-/m1/s1. The Kier molecular flexibility index (Phi) is 6.39. The molecule has 2 aromatic rings. The molecule has 0 fully saturated rings. The fourth-order valence-electron chi connectivity index (χ4n) is 4.12. The van der Waals surface area contributed by atoms with E-state index in [4.69, 9.17) is 19.9 Å². The number of methoxy groups -OCH3 is 1. The molecule has 0 unspecified atom stereocenters. The van der Waals surface area contributed by atoms with Crippen molar-refractivity contribution >= 4 is 21.7 Å². The number of nitrogens with two attached hydrogens (primary N) is 1. The number of ketones is 1. The zero-order chi connectivity index (χ0) is 23.5. The number of hydrogen-bond donors (Lipinski definition) is 1. The van der Waals surface area contributed by atoms with E-state index in [1.54, 1.807) is 24.3 Å². The zero-order valence-electron chi connectivity index (χ0n) is 17.9. The number of halogens is 1. The van der Waals surface area contributed by atoms with Gasteiger partial charge in [-0.15, -0.1) is 0 Å². The Labute approximate surface area is 199 Å². The number of benzene rings is 2. The van der Waals surface area contributed by atoms with Crippen LogP contribution in [0, 0.1) is 22.7 Å². The summed E-state index contributed by atoms with van der Waals surface area (Å²) >= 11 is 3.58. The van der Waals surface area contributed by atoms with Crippen molar-refractivity contribution in [3.63, 3.8) is 0 Å². The summed E-state index contributed by atoms with van der Waals surface area (Å²) in [6.45, 7) is 0.174. The second-order valence-corrected chi connectivity index (χ2v) is 8.47. The molecule has 33 heavy (non-hydrogen) atoms. The predicted octanol–water partition coefficient (Wildman–Crippen LogP) is 4.72. The molecule has 1 heterocycles. The van der Waals surface area contributed by atoms with Crippen LogP contribution in [0.1, 0.15) is 41.9 Å². The number of rotatable bonds is 5. The molecule has 0 spiro atoms. The van der Waals surface area contributed by atoms with Gasteiger partial charge < -0.3 is 19.9 Å². The van der Waals surface area contributed by atoms with E-state index in [2.05, 4.69) is 28.1 Å². The minimum absolute atomic E-state index is 0.00949. The molecule has 166 valence electrons. The minimum atomic E-state index is -0.664. The highest BCUT2D eigenvalue weighted by Gasteiger charge is 2.39. The molecular weight excluding hydrogens is 486 g/mol. The smallest absolute Gasteiger partial charge is 0.205 e. The van der Waals surface area contributed by atoms with E-state index in [9.17, 15) is 15.3 Å². The molecule has 7 nitrogen and oxygen atoms in total. The number of nitriles is 2. The quantitative estimate of drug-likeness (QED) is 0.623. The Hall–Kier alpha value is -3.75. The number of carbonyl (C=O) groups excluding carboxylic acids is 1. The first-order valence-corrected chi connectivity index (χ1v) is 11.1. The van der Waals surface area contributed by atoms with E-state index in [-0.39, 0.29) is 23.8 Å². The number of nitrogens with zero attached hydrogens (tertiary/aromatic N) is 2. The van der Waals surface area contributed by atoms with Crippen LogP contribution in [0.3, 0.4) is 0 Å². The first-order valence-electron chi connectivity index (χ1n) is 10.3. The molecule has 1 atom stereocenters. The van der Waals surface area contributed by atoms with Crippen molar-refractivity contribution in [3.8, 4) is 23.6 Å². The molecule has 2 N–H and O–H groups in total. The molecular formula is C25H20BrN3O4. The molecule has 0 aromatic heterocycles. The Morgan fingerprint density at radius 1 is 1.18 bits per heavy atom. The van der Waals surface area contributed by atoms with E-state index in [0.717, 1.165) is 5.56 Å². The highest BCUT2D eigenvalue weighted by Crippen LogP contribution is 2.47. The van der Waals surface area contributed by atoms with Gasteiger partial charge in [-0.3, -0.25) is 4.79 Å². The highest BCUT2D eigenvalue weighted by atomic mass is 79.9. The van der Waals surface area contributed by atoms with Gasteiger partial charge in [-0.05, 0) is 30.2 Å². The van der Waals surface area contributed by atoms with Crippen molar-refractivity contribution in [3.05, 3.63) is 80.3 Å². The lowest BCUT2D eigenvalue weighted by Crippen LogP contribution is -2.27. The maximum absolute atomic E-state index is 12.8. The van der Waals surface area contributed by atoms with Crippen molar-refractivity contribution < 1.29 is 19.0 Å². The lowest BCUT2D eigenvalue weighted by atomic mass is 9.77. The fourth-order valence-corrected chi connectivity index (χ4v) is 4.67. The summed E-state index contributed by atoms with van der Waals surface area (Å²) in [7, 11) is 1.51. The third kappa shape index (κ3) is 4.18. The molecule has 0 saturated carbocycles. The number of hydrogen-bond acceptors (Lipinski definition) is 7. The zero-order valence-corrected chi connectivity index (χ0v) is 19.4. The molecule has 0 amide bonds. The van der Waals surface area contributed by atoms with Crippen LogP contribution in [0.25, 0.3) is 0 Å². The Bertz CT molecular complexity index is 1280. The first-order chi connectivity index (χ1) is 16.0. The normalized spacial score (nSPS) is 17.6. The third-order valence-corrected chi connectivity index (χ3v) is 6.41. The van der Waals surface area contributed by atoms with Crippen molar-refractivity contribution in [1.82, 2.24) is 0 Å². The molecule has 4 rings (SSSR count). The van der Waals surface area contributed by atoms with Gasteiger partial charge in [0.2, 0.25) is 5.88 Å². The predicted molar refractivity (Wildman–Crippen MR) is 123 cm³/mol.